The number of halogens is 6. The second-order valence-electron chi connectivity index (χ2n) is 0.268. The van der Waals surface area contributed by atoms with Crippen LogP contribution in [0, 0.1) is 0 Å². The predicted molar refractivity (Wildman–Crippen MR) is 29.7 cm³/mol. The maximum absolute atomic E-state index is 7.23. The van der Waals surface area contributed by atoms with Crippen molar-refractivity contribution < 1.29 is 63.2 Å². The molecule has 3 N–H and O–H groups in total. The molecule has 0 atom stereocenters. The van der Waals surface area contributed by atoms with E-state index in [-0.39, 0.29) is 48.5 Å². The van der Waals surface area contributed by atoms with Crippen LogP contribution in [0.3, 0.4) is 0 Å². The van der Waals surface area contributed by atoms with Crippen molar-refractivity contribution in [1.82, 2.24) is 0 Å². The van der Waals surface area contributed by atoms with Crippen molar-refractivity contribution in [3.63, 3.8) is 0 Å². The van der Waals surface area contributed by atoms with Gasteiger partial charge in [0.15, 0.2) is 0 Å². The second-order valence-corrected chi connectivity index (χ2v) is 0.805. The van der Waals surface area contributed by atoms with Gasteiger partial charge in [-0.1, -0.05) is 0 Å². The van der Waals surface area contributed by atoms with E-state index in [0.29, 0.717) is 0 Å². The number of hydrogen-bond acceptors (Lipinski definition) is 3. The molecule has 0 amide bonds. The molecule has 0 heterocycles. The van der Waals surface area contributed by atoms with Crippen molar-refractivity contribution >= 4 is 8.60 Å². The summed E-state index contributed by atoms with van der Waals surface area (Å²) in [5, 5.41) is 0. The van der Waals surface area contributed by atoms with Crippen LogP contribution in [-0.4, -0.2) is 14.7 Å². The summed E-state index contributed by atoms with van der Waals surface area (Å²) in [4.78, 5) is 21.7. The topological polar surface area (TPSA) is 60.7 Å². The largest absolute Gasteiger partial charge is 1.00 e. The first-order valence-corrected chi connectivity index (χ1v) is 1.80. The van der Waals surface area contributed by atoms with E-state index >= 15 is 0 Å². The van der Waals surface area contributed by atoms with Gasteiger partial charge in [0.1, 0.15) is 0 Å². The van der Waals surface area contributed by atoms with Gasteiger partial charge in [0, 0.05) is 0 Å². The summed E-state index contributed by atoms with van der Waals surface area (Å²) in [5.74, 6) is 0. The Kier molecular flexibility index (Phi) is 733. The van der Waals surface area contributed by atoms with E-state index in [0.717, 1.165) is 0 Å². The molecular weight excluding hydrogens is 200 g/mol. The minimum absolute atomic E-state index is 0. The Morgan fingerprint density at radius 2 is 0.636 bits per heavy atom. The van der Waals surface area contributed by atoms with E-state index in [1.54, 1.807) is 0 Å². The molecule has 76 valence electrons. The van der Waals surface area contributed by atoms with Crippen molar-refractivity contribution in [3.8, 4) is 0 Å². The van der Waals surface area contributed by atoms with Crippen LogP contribution in [0.2, 0.25) is 0 Å². The molecule has 11 heavy (non-hydrogen) atoms. The molecule has 0 radical (unpaired) electrons. The van der Waals surface area contributed by atoms with Crippen molar-refractivity contribution in [2.75, 3.05) is 0 Å². The molecule has 0 aliphatic carbocycles. The molecule has 0 bridgehead atoms. The molecule has 0 aliphatic heterocycles. The predicted octanol–water partition coefficient (Wildman–Crippen LogP) is -2.78. The van der Waals surface area contributed by atoms with Crippen LogP contribution in [0.5, 0.6) is 0 Å². The Labute approximate surface area is 72.7 Å². The summed E-state index contributed by atoms with van der Waals surface area (Å²) >= 11 is 0. The van der Waals surface area contributed by atoms with E-state index < -0.39 is 8.60 Å². The van der Waals surface area contributed by atoms with Crippen molar-refractivity contribution in [3.05, 3.63) is 0 Å². The number of rotatable bonds is 0. The zero-order valence-corrected chi connectivity index (χ0v) is 6.13. The van der Waals surface area contributed by atoms with E-state index in [2.05, 4.69) is 0 Å². The van der Waals surface area contributed by atoms with Gasteiger partial charge in [-0.05, 0) is 0 Å². The van der Waals surface area contributed by atoms with Crippen LogP contribution < -0.4 is 18.9 Å². The zero-order valence-electron chi connectivity index (χ0n) is 6.24. The van der Waals surface area contributed by atoms with Crippen LogP contribution in [0.4, 0.5) is 28.2 Å². The van der Waals surface area contributed by atoms with Gasteiger partial charge in [-0.3, -0.25) is 28.2 Å². The molecule has 0 aromatic rings. The summed E-state index contributed by atoms with van der Waals surface area (Å²) in [6.45, 7) is 0. The Hall–Kier alpha value is 0.487. The fourth-order valence-corrected chi connectivity index (χ4v) is 0. The van der Waals surface area contributed by atoms with Gasteiger partial charge >= 0.3 is 27.5 Å². The van der Waals surface area contributed by atoms with Crippen LogP contribution in [0.15, 0.2) is 0 Å². The molecule has 0 fully saturated rings. The molecule has 11 heteroatoms. The molecule has 0 aliphatic rings. The Morgan fingerprint density at radius 3 is 0.636 bits per heavy atom. The van der Waals surface area contributed by atoms with E-state index in [9.17, 15) is 0 Å². The minimum Gasteiger partial charge on any atom is -1.00 e. The quantitative estimate of drug-likeness (QED) is 0.230. The maximum atomic E-state index is 7.23. The number of hydrogen-bond donors (Lipinski definition) is 3. The monoisotopic (exact) mass is 210 g/mol. The van der Waals surface area contributed by atoms with Crippen molar-refractivity contribution in [1.29, 1.82) is 0 Å². The molecular formula is H10F6LiO3P. The van der Waals surface area contributed by atoms with E-state index in [1.165, 1.54) is 0 Å². The van der Waals surface area contributed by atoms with Gasteiger partial charge in [-0.2, -0.15) is 0 Å². The van der Waals surface area contributed by atoms with Gasteiger partial charge in [-0.15, -0.1) is 0 Å². The van der Waals surface area contributed by atoms with Crippen LogP contribution >= 0.6 is 8.60 Å². The summed E-state index contributed by atoms with van der Waals surface area (Å²) in [5.41, 5.74) is 0. The molecule has 0 unspecified atom stereocenters. The van der Waals surface area contributed by atoms with E-state index in [4.69, 9.17) is 14.7 Å². The zero-order chi connectivity index (χ0) is 3.58. The van der Waals surface area contributed by atoms with Crippen LogP contribution in [-0.2, 0) is 0 Å². The minimum atomic E-state index is -2.62. The van der Waals surface area contributed by atoms with Gasteiger partial charge < -0.3 is 16.1 Å². The summed E-state index contributed by atoms with van der Waals surface area (Å²) in [6.07, 6.45) is 0. The average molecular weight is 210 g/mol. The SMILES string of the molecule is F.F.F.F.F.F.OP(O)O.[H-].[Li+]. The first kappa shape index (κ1) is 104. The Balaban J connectivity index is -0.00000000161. The van der Waals surface area contributed by atoms with Gasteiger partial charge in [0.25, 0.3) is 0 Å². The van der Waals surface area contributed by atoms with E-state index in [1.807, 2.05) is 0 Å². The fraction of sp³-hybridized carbons (Fsp3) is 0. The fourth-order valence-electron chi connectivity index (χ4n) is 0. The van der Waals surface area contributed by atoms with Gasteiger partial charge in [-0.25, -0.2) is 0 Å². The smallest absolute Gasteiger partial charge is 1.00 e. The van der Waals surface area contributed by atoms with Gasteiger partial charge in [0.2, 0.25) is 0 Å². The summed E-state index contributed by atoms with van der Waals surface area (Å²) in [7, 11) is -2.62. The standard InChI is InChI=1S/6FH.Li.H3O3P.H/c;;;;;;;1-4(2)3;/h6*1H;;1-3H;/q;;;;;;+1;;-1. The molecule has 3 nitrogen and oxygen atoms in total. The molecule has 0 rings (SSSR count). The third-order valence-corrected chi connectivity index (χ3v) is 0. The average Bonchev–Trinajstić information content (AvgIpc) is 0.811. The van der Waals surface area contributed by atoms with Crippen molar-refractivity contribution in [2.24, 2.45) is 0 Å². The third kappa shape index (κ3) is 3180. The molecule has 0 saturated heterocycles. The summed E-state index contributed by atoms with van der Waals surface area (Å²) in [6, 6.07) is 0. The normalized spacial score (nSPS) is 3.27. The third-order valence-electron chi connectivity index (χ3n) is 0. The molecule has 0 aromatic heterocycles. The molecule has 0 saturated carbocycles. The molecule has 0 aromatic carbocycles. The molecule has 0 spiro atoms. The Bertz CT molecular complexity index is 27.5. The summed E-state index contributed by atoms with van der Waals surface area (Å²) < 4.78 is 0. The van der Waals surface area contributed by atoms with Crippen LogP contribution in [0.25, 0.3) is 0 Å². The van der Waals surface area contributed by atoms with Crippen LogP contribution in [0.1, 0.15) is 1.43 Å². The maximum Gasteiger partial charge on any atom is 1.00 e. The first-order valence-electron chi connectivity index (χ1n) is 0.600. The van der Waals surface area contributed by atoms with Gasteiger partial charge in [0.05, 0.1) is 0 Å². The van der Waals surface area contributed by atoms with Crippen molar-refractivity contribution in [2.45, 2.75) is 0 Å². The Morgan fingerprint density at radius 1 is 0.636 bits per heavy atom. The first-order chi connectivity index (χ1) is 1.73. The second kappa shape index (κ2) is 77.6.